The van der Waals surface area contributed by atoms with Gasteiger partial charge in [0.1, 0.15) is 23.1 Å². The van der Waals surface area contributed by atoms with Crippen LogP contribution in [0.1, 0.15) is 22.9 Å². The van der Waals surface area contributed by atoms with E-state index in [0.29, 0.717) is 30.2 Å². The van der Waals surface area contributed by atoms with E-state index in [1.54, 1.807) is 59.6 Å². The van der Waals surface area contributed by atoms with E-state index in [0.717, 1.165) is 16.8 Å². The van der Waals surface area contributed by atoms with Crippen molar-refractivity contribution < 1.29 is 18.3 Å². The van der Waals surface area contributed by atoms with Gasteiger partial charge in [0.05, 0.1) is 6.04 Å². The first-order chi connectivity index (χ1) is 16.6. The Bertz CT molecular complexity index is 1290. The van der Waals surface area contributed by atoms with Gasteiger partial charge >= 0.3 is 6.03 Å². The van der Waals surface area contributed by atoms with Gasteiger partial charge in [-0.3, -0.25) is 4.98 Å². The highest BCUT2D eigenvalue weighted by Crippen LogP contribution is 2.35. The second kappa shape index (κ2) is 9.31. The molecule has 0 saturated carbocycles. The first-order valence-electron chi connectivity index (χ1n) is 10.9. The zero-order valence-electron chi connectivity index (χ0n) is 18.1. The minimum absolute atomic E-state index is 0.268. The van der Waals surface area contributed by atoms with Crippen molar-refractivity contribution in [3.05, 3.63) is 120 Å². The van der Waals surface area contributed by atoms with Crippen LogP contribution in [0.25, 0.3) is 0 Å². The van der Waals surface area contributed by atoms with Crippen molar-refractivity contribution in [1.29, 1.82) is 0 Å². The third-order valence-corrected chi connectivity index (χ3v) is 5.72. The van der Waals surface area contributed by atoms with E-state index in [2.05, 4.69) is 10.3 Å². The molecule has 0 bridgehead atoms. The number of rotatable bonds is 4. The van der Waals surface area contributed by atoms with Crippen molar-refractivity contribution in [3.8, 4) is 11.5 Å². The summed E-state index contributed by atoms with van der Waals surface area (Å²) in [5.41, 5.74) is 3.28. The van der Waals surface area contributed by atoms with Crippen LogP contribution >= 0.6 is 0 Å². The maximum absolute atomic E-state index is 13.5. The number of nitrogens with zero attached hydrogens (tertiary/aromatic N) is 2. The van der Waals surface area contributed by atoms with Gasteiger partial charge in [-0.15, -0.1) is 0 Å². The van der Waals surface area contributed by atoms with Crippen LogP contribution in [0.4, 0.5) is 19.3 Å². The van der Waals surface area contributed by atoms with E-state index in [1.165, 1.54) is 24.3 Å². The molecule has 1 aliphatic rings. The molecular formula is C27H21F2N3O2. The number of nitrogens with one attached hydrogen (secondary N) is 1. The van der Waals surface area contributed by atoms with Gasteiger partial charge < -0.3 is 15.0 Å². The number of ether oxygens (including phenoxy) is 1. The Morgan fingerprint density at radius 3 is 2.18 bits per heavy atom. The summed E-state index contributed by atoms with van der Waals surface area (Å²) in [6.07, 6.45) is 2.37. The minimum Gasteiger partial charge on any atom is -0.457 e. The van der Waals surface area contributed by atoms with Crippen molar-refractivity contribution in [2.45, 2.75) is 12.5 Å². The highest BCUT2D eigenvalue weighted by atomic mass is 19.1. The molecule has 5 nitrogen and oxygen atoms in total. The number of benzene rings is 3. The number of carbonyl (C=O) groups excluding carboxylic acids is 1. The molecule has 0 saturated heterocycles. The summed E-state index contributed by atoms with van der Waals surface area (Å²) in [5.74, 6) is 0.415. The van der Waals surface area contributed by atoms with Crippen LogP contribution in [-0.2, 0) is 6.42 Å². The van der Waals surface area contributed by atoms with E-state index >= 15 is 0 Å². The second-order valence-electron chi connectivity index (χ2n) is 7.95. The predicted molar refractivity (Wildman–Crippen MR) is 125 cm³/mol. The van der Waals surface area contributed by atoms with E-state index in [4.69, 9.17) is 4.74 Å². The number of anilines is 1. The van der Waals surface area contributed by atoms with E-state index in [9.17, 15) is 13.6 Å². The first-order valence-corrected chi connectivity index (χ1v) is 10.9. The summed E-state index contributed by atoms with van der Waals surface area (Å²) in [6, 6.07) is 22.0. The molecular weight excluding hydrogens is 436 g/mol. The maximum atomic E-state index is 13.5. The monoisotopic (exact) mass is 457 g/mol. The van der Waals surface area contributed by atoms with Crippen LogP contribution in [0.3, 0.4) is 0 Å². The highest BCUT2D eigenvalue weighted by Gasteiger charge is 2.32. The molecule has 4 aromatic rings. The average molecular weight is 457 g/mol. The molecule has 7 heteroatoms. The number of urea groups is 1. The summed E-state index contributed by atoms with van der Waals surface area (Å²) >= 11 is 0. The largest absolute Gasteiger partial charge is 0.457 e. The van der Waals surface area contributed by atoms with Crippen molar-refractivity contribution in [3.63, 3.8) is 0 Å². The number of carbonyl (C=O) groups is 1. The third kappa shape index (κ3) is 4.59. The minimum atomic E-state index is -0.376. The molecule has 1 N–H and O–H groups in total. The lowest BCUT2D eigenvalue weighted by Gasteiger charge is -2.37. The Kier molecular flexibility index (Phi) is 5.91. The van der Waals surface area contributed by atoms with Crippen molar-refractivity contribution >= 4 is 11.7 Å². The van der Waals surface area contributed by atoms with Gasteiger partial charge in [-0.2, -0.15) is 0 Å². The maximum Gasteiger partial charge on any atom is 0.322 e. The Labute approximate surface area is 195 Å². The molecule has 1 aliphatic heterocycles. The molecule has 3 aromatic carbocycles. The standard InChI is InChI=1S/C27H21F2N3O2/c28-19-5-3-18(4-6-19)26-24-2-1-16-30-25(24)15-17-32(26)27(33)31-21-9-13-23(14-10-21)34-22-11-7-20(29)8-12-22/h1-14,16,26H,15,17H2,(H,31,33)/t26-/m1/s1. The molecule has 5 rings (SSSR count). The van der Waals surface area contributed by atoms with Gasteiger partial charge in [0.2, 0.25) is 0 Å². The molecule has 170 valence electrons. The van der Waals surface area contributed by atoms with Gasteiger partial charge in [0.25, 0.3) is 0 Å². The summed E-state index contributed by atoms with van der Waals surface area (Å²) in [7, 11) is 0. The van der Waals surface area contributed by atoms with Gasteiger partial charge in [-0.05, 0) is 72.3 Å². The lowest BCUT2D eigenvalue weighted by atomic mass is 9.91. The highest BCUT2D eigenvalue weighted by molar-refractivity contribution is 5.90. The lowest BCUT2D eigenvalue weighted by molar-refractivity contribution is 0.193. The second-order valence-corrected chi connectivity index (χ2v) is 7.95. The SMILES string of the molecule is O=C(Nc1ccc(Oc2ccc(F)cc2)cc1)N1CCc2ncccc2[C@H]1c1ccc(F)cc1. The smallest absolute Gasteiger partial charge is 0.322 e. The van der Waals surface area contributed by atoms with Crippen molar-refractivity contribution in [2.75, 3.05) is 11.9 Å². The molecule has 0 fully saturated rings. The Morgan fingerprint density at radius 1 is 0.882 bits per heavy atom. The normalized spacial score (nSPS) is 14.9. The van der Waals surface area contributed by atoms with Gasteiger partial charge in [-0.1, -0.05) is 18.2 Å². The van der Waals surface area contributed by atoms with E-state index in [1.807, 2.05) is 12.1 Å². The average Bonchev–Trinajstić information content (AvgIpc) is 2.86. The number of fused-ring (bicyclic) bond motifs is 1. The van der Waals surface area contributed by atoms with E-state index < -0.39 is 0 Å². The number of pyridine rings is 1. The van der Waals surface area contributed by atoms with Crippen LogP contribution in [0, 0.1) is 11.6 Å². The van der Waals surface area contributed by atoms with Gasteiger partial charge in [0, 0.05) is 36.1 Å². The zero-order chi connectivity index (χ0) is 23.5. The van der Waals surface area contributed by atoms with Crippen molar-refractivity contribution in [1.82, 2.24) is 9.88 Å². The Balaban J connectivity index is 1.34. The van der Waals surface area contributed by atoms with Crippen molar-refractivity contribution in [2.24, 2.45) is 0 Å². The number of halogens is 2. The molecule has 1 atom stereocenters. The summed E-state index contributed by atoms with van der Waals surface area (Å²) in [5, 5.41) is 2.94. The molecule has 0 unspecified atom stereocenters. The van der Waals surface area contributed by atoms with Crippen LogP contribution in [0.15, 0.2) is 91.1 Å². The summed E-state index contributed by atoms with van der Waals surface area (Å²) in [4.78, 5) is 19.5. The quantitative estimate of drug-likeness (QED) is 0.390. The lowest BCUT2D eigenvalue weighted by Crippen LogP contribution is -2.43. The summed E-state index contributed by atoms with van der Waals surface area (Å²) in [6.45, 7) is 0.476. The molecule has 2 amide bonds. The number of aromatic nitrogens is 1. The Hall–Kier alpha value is -4.26. The fourth-order valence-corrected chi connectivity index (χ4v) is 4.10. The summed E-state index contributed by atoms with van der Waals surface area (Å²) < 4.78 is 32.3. The van der Waals surface area contributed by atoms with Crippen LogP contribution in [-0.4, -0.2) is 22.5 Å². The van der Waals surface area contributed by atoms with Crippen LogP contribution < -0.4 is 10.1 Å². The number of amides is 2. The fourth-order valence-electron chi connectivity index (χ4n) is 4.10. The van der Waals surface area contributed by atoms with Gasteiger partial charge in [0.15, 0.2) is 0 Å². The number of hydrogen-bond acceptors (Lipinski definition) is 3. The fraction of sp³-hybridized carbons (Fsp3) is 0.111. The Morgan fingerprint density at radius 2 is 1.50 bits per heavy atom. The van der Waals surface area contributed by atoms with Gasteiger partial charge in [-0.25, -0.2) is 13.6 Å². The molecule has 2 heterocycles. The molecule has 1 aromatic heterocycles. The zero-order valence-corrected chi connectivity index (χ0v) is 18.1. The first kappa shape index (κ1) is 21.6. The van der Waals surface area contributed by atoms with Crippen LogP contribution in [0.5, 0.6) is 11.5 Å². The van der Waals surface area contributed by atoms with E-state index in [-0.39, 0.29) is 23.7 Å². The molecule has 0 radical (unpaired) electrons. The number of hydrogen-bond donors (Lipinski definition) is 1. The predicted octanol–water partition coefficient (Wildman–Crippen LogP) is 6.33. The molecule has 0 aliphatic carbocycles. The topological polar surface area (TPSA) is 54.5 Å². The third-order valence-electron chi connectivity index (χ3n) is 5.72. The van der Waals surface area contributed by atoms with Crippen LogP contribution in [0.2, 0.25) is 0 Å². The molecule has 34 heavy (non-hydrogen) atoms. The molecule has 0 spiro atoms.